The number of Topliss-reactive ketones (excluding diaryl/α,β-unsaturated/α-hetero) is 1. The van der Waals surface area contributed by atoms with Gasteiger partial charge in [-0.2, -0.15) is 5.26 Å². The number of esters is 1. The Hall–Kier alpha value is -1.37. The van der Waals surface area contributed by atoms with E-state index in [9.17, 15) is 9.59 Å². The normalized spacial score (nSPS) is 13.6. The van der Waals surface area contributed by atoms with Crippen molar-refractivity contribution < 1.29 is 14.3 Å². The Balaban J connectivity index is 5.16. The Morgan fingerprint density at radius 1 is 1.31 bits per heavy atom. The zero-order valence-electron chi connectivity index (χ0n) is 10.2. The topological polar surface area (TPSA) is 67.2 Å². The molecule has 90 valence electrons. The number of hydrogen-bond acceptors (Lipinski definition) is 4. The number of ether oxygens (including phenoxy) is 1. The number of nitrogens with zero attached hydrogens (tertiary/aromatic N) is 1. The third-order valence-electron chi connectivity index (χ3n) is 2.58. The van der Waals surface area contributed by atoms with Crippen LogP contribution >= 0.6 is 0 Å². The first-order valence-corrected chi connectivity index (χ1v) is 5.66. The highest BCUT2D eigenvalue weighted by molar-refractivity contribution is 6.04. The van der Waals surface area contributed by atoms with Crippen molar-refractivity contribution in [1.29, 1.82) is 5.26 Å². The van der Waals surface area contributed by atoms with Crippen molar-refractivity contribution in [3.05, 3.63) is 0 Å². The van der Waals surface area contributed by atoms with E-state index < -0.39 is 11.4 Å². The van der Waals surface area contributed by atoms with E-state index >= 15 is 0 Å². The van der Waals surface area contributed by atoms with Gasteiger partial charge in [-0.1, -0.05) is 20.3 Å². The molecule has 4 nitrogen and oxygen atoms in total. The predicted octanol–water partition coefficient (Wildman–Crippen LogP) is 2.23. The van der Waals surface area contributed by atoms with Crippen LogP contribution in [0.5, 0.6) is 0 Å². The SMILES string of the molecule is CCCC(CC#N)(C(=O)CC)C(=O)OCC. The fraction of sp³-hybridized carbons (Fsp3) is 0.750. The molecule has 0 radical (unpaired) electrons. The Bertz CT molecular complexity index is 293. The van der Waals surface area contributed by atoms with E-state index in [-0.39, 0.29) is 25.2 Å². The predicted molar refractivity (Wildman–Crippen MR) is 59.5 cm³/mol. The van der Waals surface area contributed by atoms with Gasteiger partial charge >= 0.3 is 5.97 Å². The lowest BCUT2D eigenvalue weighted by molar-refractivity contribution is -0.160. The van der Waals surface area contributed by atoms with Gasteiger partial charge < -0.3 is 4.74 Å². The van der Waals surface area contributed by atoms with Crippen molar-refractivity contribution in [3.63, 3.8) is 0 Å². The summed E-state index contributed by atoms with van der Waals surface area (Å²) in [5.41, 5.74) is -1.24. The molecule has 0 heterocycles. The van der Waals surface area contributed by atoms with Crippen molar-refractivity contribution in [3.8, 4) is 6.07 Å². The summed E-state index contributed by atoms with van der Waals surface area (Å²) >= 11 is 0. The summed E-state index contributed by atoms with van der Waals surface area (Å²) in [6, 6.07) is 1.93. The van der Waals surface area contributed by atoms with Crippen molar-refractivity contribution in [2.75, 3.05) is 6.61 Å². The Kier molecular flexibility index (Phi) is 6.40. The molecule has 16 heavy (non-hydrogen) atoms. The van der Waals surface area contributed by atoms with Crippen LogP contribution in [-0.2, 0) is 14.3 Å². The molecule has 1 unspecified atom stereocenters. The molecule has 0 aliphatic rings. The maximum Gasteiger partial charge on any atom is 0.320 e. The van der Waals surface area contributed by atoms with Crippen LogP contribution in [0.15, 0.2) is 0 Å². The molecule has 0 saturated heterocycles. The van der Waals surface area contributed by atoms with Gasteiger partial charge in [-0.25, -0.2) is 0 Å². The number of rotatable bonds is 7. The van der Waals surface area contributed by atoms with Crippen molar-refractivity contribution in [2.45, 2.75) is 46.5 Å². The summed E-state index contributed by atoms with van der Waals surface area (Å²) in [7, 11) is 0. The second-order valence-electron chi connectivity index (χ2n) is 3.66. The van der Waals surface area contributed by atoms with Crippen LogP contribution in [0.25, 0.3) is 0 Å². The zero-order chi connectivity index (χ0) is 12.6. The molecular formula is C12H19NO3. The van der Waals surface area contributed by atoms with E-state index in [1.807, 2.05) is 13.0 Å². The molecule has 0 aromatic rings. The molecule has 0 aromatic heterocycles. The quantitative estimate of drug-likeness (QED) is 0.492. The van der Waals surface area contributed by atoms with E-state index in [1.54, 1.807) is 13.8 Å². The third kappa shape index (κ3) is 3.06. The summed E-state index contributed by atoms with van der Waals surface area (Å²) in [6.45, 7) is 5.50. The van der Waals surface area contributed by atoms with Gasteiger partial charge in [-0.05, 0) is 13.3 Å². The van der Waals surface area contributed by atoms with Crippen LogP contribution in [0.2, 0.25) is 0 Å². The third-order valence-corrected chi connectivity index (χ3v) is 2.58. The van der Waals surface area contributed by atoms with Gasteiger partial charge in [-0.3, -0.25) is 9.59 Å². The van der Waals surface area contributed by atoms with Crippen molar-refractivity contribution >= 4 is 11.8 Å². The minimum absolute atomic E-state index is 0.0909. The highest BCUT2D eigenvalue weighted by atomic mass is 16.5. The molecule has 0 N–H and O–H groups in total. The molecule has 1 atom stereocenters. The molecule has 0 rings (SSSR count). The molecule has 0 aliphatic heterocycles. The molecule has 0 bridgehead atoms. The number of carbonyl (C=O) groups excluding carboxylic acids is 2. The van der Waals surface area contributed by atoms with Gasteiger partial charge in [-0.15, -0.1) is 0 Å². The van der Waals surface area contributed by atoms with Crippen LogP contribution < -0.4 is 0 Å². The minimum atomic E-state index is -1.24. The largest absolute Gasteiger partial charge is 0.465 e. The first-order valence-electron chi connectivity index (χ1n) is 5.66. The Morgan fingerprint density at radius 3 is 2.31 bits per heavy atom. The van der Waals surface area contributed by atoms with E-state index in [4.69, 9.17) is 10.00 Å². The lowest BCUT2D eigenvalue weighted by Gasteiger charge is -2.26. The van der Waals surface area contributed by atoms with Gasteiger partial charge in [0, 0.05) is 6.42 Å². The zero-order valence-corrected chi connectivity index (χ0v) is 10.2. The maximum absolute atomic E-state index is 11.9. The van der Waals surface area contributed by atoms with Crippen LogP contribution in [0.3, 0.4) is 0 Å². The van der Waals surface area contributed by atoms with E-state index in [0.717, 1.165) is 0 Å². The summed E-state index contributed by atoms with van der Waals surface area (Å²) in [5.74, 6) is -0.750. The average molecular weight is 225 g/mol. The van der Waals surface area contributed by atoms with Crippen LogP contribution in [0.4, 0.5) is 0 Å². The Morgan fingerprint density at radius 2 is 1.94 bits per heavy atom. The van der Waals surface area contributed by atoms with E-state index in [1.165, 1.54) is 0 Å². The summed E-state index contributed by atoms with van der Waals surface area (Å²) in [6.07, 6.45) is 1.21. The highest BCUT2D eigenvalue weighted by Gasteiger charge is 2.44. The molecule has 4 heteroatoms. The number of hydrogen-bond donors (Lipinski definition) is 0. The van der Waals surface area contributed by atoms with Gasteiger partial charge in [0.05, 0.1) is 19.1 Å². The second-order valence-corrected chi connectivity index (χ2v) is 3.66. The van der Waals surface area contributed by atoms with Gasteiger partial charge in [0.1, 0.15) is 5.41 Å². The molecule has 0 spiro atoms. The van der Waals surface area contributed by atoms with Gasteiger partial charge in [0.2, 0.25) is 0 Å². The monoisotopic (exact) mass is 225 g/mol. The standard InChI is InChI=1S/C12H19NO3/c1-4-7-12(8-9-13,10(14)5-2)11(15)16-6-3/h4-8H2,1-3H3. The van der Waals surface area contributed by atoms with Crippen LogP contribution in [0.1, 0.15) is 46.5 Å². The van der Waals surface area contributed by atoms with Crippen molar-refractivity contribution in [2.24, 2.45) is 5.41 Å². The first kappa shape index (κ1) is 14.6. The second kappa shape index (κ2) is 7.00. The first-order chi connectivity index (χ1) is 7.58. The molecule has 0 aliphatic carbocycles. The highest BCUT2D eigenvalue weighted by Crippen LogP contribution is 2.32. The van der Waals surface area contributed by atoms with Crippen LogP contribution in [-0.4, -0.2) is 18.4 Å². The van der Waals surface area contributed by atoms with E-state index in [2.05, 4.69) is 0 Å². The molecule has 0 aromatic carbocycles. The Labute approximate surface area is 96.6 Å². The number of ketones is 1. The minimum Gasteiger partial charge on any atom is -0.465 e. The summed E-state index contributed by atoms with van der Waals surface area (Å²) in [5, 5.41) is 8.78. The lowest BCUT2D eigenvalue weighted by atomic mass is 9.76. The number of nitriles is 1. The number of carbonyl (C=O) groups is 2. The average Bonchev–Trinajstić information content (AvgIpc) is 2.27. The van der Waals surface area contributed by atoms with Gasteiger partial charge in [0.25, 0.3) is 0 Å². The molecule has 0 fully saturated rings. The summed E-state index contributed by atoms with van der Waals surface area (Å²) in [4.78, 5) is 23.7. The fourth-order valence-electron chi connectivity index (χ4n) is 1.78. The maximum atomic E-state index is 11.9. The smallest absolute Gasteiger partial charge is 0.320 e. The van der Waals surface area contributed by atoms with Crippen molar-refractivity contribution in [1.82, 2.24) is 0 Å². The molecule has 0 saturated carbocycles. The fourth-order valence-corrected chi connectivity index (χ4v) is 1.78. The molecule has 0 amide bonds. The molecular weight excluding hydrogens is 206 g/mol. The van der Waals surface area contributed by atoms with Gasteiger partial charge in [0.15, 0.2) is 5.78 Å². The summed E-state index contributed by atoms with van der Waals surface area (Å²) < 4.78 is 4.92. The van der Waals surface area contributed by atoms with E-state index in [0.29, 0.717) is 12.8 Å². The van der Waals surface area contributed by atoms with Crippen LogP contribution in [0, 0.1) is 16.7 Å². The lowest BCUT2D eigenvalue weighted by Crippen LogP contribution is -2.40.